The van der Waals surface area contributed by atoms with Crippen LogP contribution in [0.2, 0.25) is 0 Å². The van der Waals surface area contributed by atoms with E-state index in [0.29, 0.717) is 5.82 Å². The minimum Gasteiger partial charge on any atom is -0.383 e. The third-order valence-corrected chi connectivity index (χ3v) is 2.47. The molecule has 0 fully saturated rings. The summed E-state index contributed by atoms with van der Waals surface area (Å²) >= 11 is 2.22. The second-order valence-electron chi connectivity index (χ2n) is 2.82. The van der Waals surface area contributed by atoms with Crippen molar-refractivity contribution in [3.05, 3.63) is 40.4 Å². The van der Waals surface area contributed by atoms with Crippen molar-refractivity contribution in [2.75, 3.05) is 5.73 Å². The van der Waals surface area contributed by atoms with Gasteiger partial charge >= 0.3 is 0 Å². The molecule has 0 saturated carbocycles. The number of nitrogens with two attached hydrogens (primary N) is 1. The van der Waals surface area contributed by atoms with Crippen molar-refractivity contribution in [3.63, 3.8) is 0 Å². The summed E-state index contributed by atoms with van der Waals surface area (Å²) in [6.07, 6.45) is 5.24. The summed E-state index contributed by atoms with van der Waals surface area (Å²) in [5.41, 5.74) is 7.79. The Morgan fingerprint density at radius 1 is 1.21 bits per heavy atom. The molecule has 0 bridgehead atoms. The van der Waals surface area contributed by atoms with Gasteiger partial charge in [-0.15, -0.1) is 0 Å². The molecule has 2 heterocycles. The Kier molecular flexibility index (Phi) is 2.62. The quantitative estimate of drug-likeness (QED) is 0.822. The van der Waals surface area contributed by atoms with E-state index in [1.807, 2.05) is 18.2 Å². The van der Waals surface area contributed by atoms with Gasteiger partial charge in [0.1, 0.15) is 5.82 Å². The molecule has 0 amide bonds. The Labute approximate surface area is 95.5 Å². The van der Waals surface area contributed by atoms with Crippen LogP contribution in [0.5, 0.6) is 0 Å². The Morgan fingerprint density at radius 2 is 1.93 bits per heavy atom. The number of hydrogen-bond donors (Lipinski definition) is 1. The van der Waals surface area contributed by atoms with E-state index < -0.39 is 0 Å². The number of nitrogens with zero attached hydrogens (tertiary/aromatic N) is 2. The molecule has 14 heavy (non-hydrogen) atoms. The molecule has 0 aliphatic carbocycles. The van der Waals surface area contributed by atoms with Crippen molar-refractivity contribution in [1.82, 2.24) is 9.97 Å². The number of halogens is 1. The van der Waals surface area contributed by atoms with E-state index in [9.17, 15) is 0 Å². The van der Waals surface area contributed by atoms with Crippen molar-refractivity contribution in [2.45, 2.75) is 0 Å². The number of anilines is 1. The van der Waals surface area contributed by atoms with E-state index in [4.69, 9.17) is 5.73 Å². The van der Waals surface area contributed by atoms with Gasteiger partial charge in [-0.1, -0.05) is 0 Å². The number of rotatable bonds is 1. The fourth-order valence-corrected chi connectivity index (χ4v) is 1.66. The summed E-state index contributed by atoms with van der Waals surface area (Å²) < 4.78 is 1.07. The summed E-state index contributed by atoms with van der Waals surface area (Å²) in [4.78, 5) is 8.06. The molecule has 2 rings (SSSR count). The van der Waals surface area contributed by atoms with Gasteiger partial charge in [-0.2, -0.15) is 0 Å². The molecule has 0 aromatic carbocycles. The summed E-state index contributed by atoms with van der Waals surface area (Å²) in [5.74, 6) is 0.552. The molecule has 0 aliphatic heterocycles. The second-order valence-corrected chi connectivity index (χ2v) is 4.07. The van der Waals surface area contributed by atoms with Gasteiger partial charge in [-0.3, -0.25) is 4.98 Å². The van der Waals surface area contributed by atoms with E-state index in [0.717, 1.165) is 14.7 Å². The monoisotopic (exact) mass is 297 g/mol. The standard InChI is InChI=1S/C10H8IN3/c11-8-5-9(10(12)14-6-8)7-1-3-13-4-2-7/h1-6H,(H2,12,14). The molecular weight excluding hydrogens is 289 g/mol. The van der Waals surface area contributed by atoms with Crippen LogP contribution in [0.4, 0.5) is 5.82 Å². The van der Waals surface area contributed by atoms with Crippen LogP contribution in [-0.4, -0.2) is 9.97 Å². The van der Waals surface area contributed by atoms with Crippen molar-refractivity contribution in [1.29, 1.82) is 0 Å². The zero-order valence-corrected chi connectivity index (χ0v) is 9.47. The minimum absolute atomic E-state index is 0.552. The van der Waals surface area contributed by atoms with E-state index >= 15 is 0 Å². The lowest BCUT2D eigenvalue weighted by Gasteiger charge is -2.04. The van der Waals surface area contributed by atoms with Crippen LogP contribution < -0.4 is 5.73 Å². The van der Waals surface area contributed by atoms with Gasteiger partial charge < -0.3 is 5.73 Å². The predicted octanol–water partition coefficient (Wildman–Crippen LogP) is 2.33. The molecule has 0 saturated heterocycles. The van der Waals surface area contributed by atoms with E-state index in [-0.39, 0.29) is 0 Å². The van der Waals surface area contributed by atoms with Gasteiger partial charge in [0.05, 0.1) is 0 Å². The second kappa shape index (κ2) is 3.91. The molecule has 0 radical (unpaired) electrons. The first-order valence-electron chi connectivity index (χ1n) is 4.09. The van der Waals surface area contributed by atoms with Crippen molar-refractivity contribution >= 4 is 28.4 Å². The maximum Gasteiger partial charge on any atom is 0.131 e. The molecule has 3 nitrogen and oxygen atoms in total. The molecule has 4 heteroatoms. The summed E-state index contributed by atoms with van der Waals surface area (Å²) in [6.45, 7) is 0. The van der Waals surface area contributed by atoms with Gasteiger partial charge in [0, 0.05) is 27.7 Å². The zero-order chi connectivity index (χ0) is 9.97. The zero-order valence-electron chi connectivity index (χ0n) is 7.31. The Bertz CT molecular complexity index is 442. The van der Waals surface area contributed by atoms with E-state index in [1.54, 1.807) is 18.6 Å². The topological polar surface area (TPSA) is 51.8 Å². The third kappa shape index (κ3) is 1.84. The van der Waals surface area contributed by atoms with Gasteiger partial charge in [0.15, 0.2) is 0 Å². The molecule has 0 atom stereocenters. The maximum atomic E-state index is 5.79. The molecule has 2 aromatic rings. The SMILES string of the molecule is Nc1ncc(I)cc1-c1ccncc1. The molecular formula is C10H8IN3. The fraction of sp³-hybridized carbons (Fsp3) is 0. The number of pyridine rings is 2. The van der Waals surface area contributed by atoms with Crippen LogP contribution in [0.15, 0.2) is 36.8 Å². The van der Waals surface area contributed by atoms with Crippen molar-refractivity contribution in [3.8, 4) is 11.1 Å². The highest BCUT2D eigenvalue weighted by atomic mass is 127. The lowest BCUT2D eigenvalue weighted by atomic mass is 10.1. The first-order chi connectivity index (χ1) is 6.77. The normalized spacial score (nSPS) is 10.1. The van der Waals surface area contributed by atoms with Crippen LogP contribution in [0, 0.1) is 3.57 Å². The number of aromatic nitrogens is 2. The minimum atomic E-state index is 0.552. The fourth-order valence-electron chi connectivity index (χ4n) is 1.21. The average Bonchev–Trinajstić information content (AvgIpc) is 2.23. The van der Waals surface area contributed by atoms with Crippen molar-refractivity contribution < 1.29 is 0 Å². The largest absolute Gasteiger partial charge is 0.383 e. The first-order valence-corrected chi connectivity index (χ1v) is 5.16. The highest BCUT2D eigenvalue weighted by Crippen LogP contribution is 2.24. The van der Waals surface area contributed by atoms with Crippen LogP contribution in [-0.2, 0) is 0 Å². The Morgan fingerprint density at radius 3 is 2.64 bits per heavy atom. The molecule has 0 aliphatic rings. The molecule has 70 valence electrons. The number of hydrogen-bond acceptors (Lipinski definition) is 3. The van der Waals surface area contributed by atoms with Gasteiger partial charge in [0.25, 0.3) is 0 Å². The van der Waals surface area contributed by atoms with Gasteiger partial charge in [0.2, 0.25) is 0 Å². The summed E-state index contributed by atoms with van der Waals surface area (Å²) in [5, 5.41) is 0. The Balaban J connectivity index is 2.57. The average molecular weight is 297 g/mol. The van der Waals surface area contributed by atoms with Gasteiger partial charge in [-0.05, 0) is 46.4 Å². The maximum absolute atomic E-state index is 5.79. The lowest BCUT2D eigenvalue weighted by molar-refractivity contribution is 1.30. The highest BCUT2D eigenvalue weighted by molar-refractivity contribution is 14.1. The highest BCUT2D eigenvalue weighted by Gasteiger charge is 2.03. The predicted molar refractivity (Wildman–Crippen MR) is 64.6 cm³/mol. The van der Waals surface area contributed by atoms with E-state index in [2.05, 4.69) is 32.6 Å². The van der Waals surface area contributed by atoms with Crippen LogP contribution in [0.3, 0.4) is 0 Å². The first kappa shape index (κ1) is 9.39. The third-order valence-electron chi connectivity index (χ3n) is 1.88. The lowest BCUT2D eigenvalue weighted by Crippen LogP contribution is -1.94. The molecule has 2 N–H and O–H groups in total. The van der Waals surface area contributed by atoms with Gasteiger partial charge in [-0.25, -0.2) is 4.98 Å². The number of nitrogen functional groups attached to an aromatic ring is 1. The van der Waals surface area contributed by atoms with Crippen LogP contribution in [0.1, 0.15) is 0 Å². The summed E-state index contributed by atoms with van der Waals surface area (Å²) in [6, 6.07) is 5.85. The Hall–Kier alpha value is -1.17. The molecule has 0 spiro atoms. The van der Waals surface area contributed by atoms with E-state index in [1.165, 1.54) is 0 Å². The van der Waals surface area contributed by atoms with Crippen LogP contribution in [0.25, 0.3) is 11.1 Å². The smallest absolute Gasteiger partial charge is 0.131 e. The molecule has 2 aromatic heterocycles. The molecule has 0 unspecified atom stereocenters. The summed E-state index contributed by atoms with van der Waals surface area (Å²) in [7, 11) is 0. The van der Waals surface area contributed by atoms with Crippen molar-refractivity contribution in [2.24, 2.45) is 0 Å². The van der Waals surface area contributed by atoms with Crippen LogP contribution >= 0.6 is 22.6 Å².